The monoisotopic (exact) mass is 396 g/mol. The summed E-state index contributed by atoms with van der Waals surface area (Å²) in [5.41, 5.74) is 0. The molecule has 0 aromatic carbocycles. The SMILES string of the molecule is CCC(C)C(NC(=O)C(C)NC(=O)C1CCCN1)C(=O)N1CCCC1C(=O)O. The summed E-state index contributed by atoms with van der Waals surface area (Å²) >= 11 is 0. The summed E-state index contributed by atoms with van der Waals surface area (Å²) < 4.78 is 0. The van der Waals surface area contributed by atoms with Gasteiger partial charge in [0.05, 0.1) is 6.04 Å². The number of likely N-dealkylation sites (tertiary alicyclic amines) is 1. The Labute approximate surface area is 165 Å². The van der Waals surface area contributed by atoms with Gasteiger partial charge in [-0.3, -0.25) is 14.4 Å². The highest BCUT2D eigenvalue weighted by Crippen LogP contribution is 2.21. The van der Waals surface area contributed by atoms with Gasteiger partial charge in [0.1, 0.15) is 18.1 Å². The number of nitrogens with zero attached hydrogens (tertiary/aromatic N) is 1. The zero-order valence-corrected chi connectivity index (χ0v) is 16.9. The van der Waals surface area contributed by atoms with Gasteiger partial charge in [-0.25, -0.2) is 4.79 Å². The molecule has 3 amide bonds. The van der Waals surface area contributed by atoms with E-state index in [-0.39, 0.29) is 23.8 Å². The molecule has 2 aliphatic rings. The molecule has 0 aromatic heterocycles. The summed E-state index contributed by atoms with van der Waals surface area (Å²) in [5, 5.41) is 17.9. The number of nitrogens with one attached hydrogen (secondary N) is 3. The molecule has 2 heterocycles. The van der Waals surface area contributed by atoms with E-state index in [1.807, 2.05) is 13.8 Å². The van der Waals surface area contributed by atoms with Gasteiger partial charge in [0.2, 0.25) is 17.7 Å². The molecule has 0 aromatic rings. The number of amides is 3. The van der Waals surface area contributed by atoms with Gasteiger partial charge in [0.15, 0.2) is 0 Å². The molecule has 2 fully saturated rings. The predicted octanol–water partition coefficient (Wildman–Crippen LogP) is -0.150. The predicted molar refractivity (Wildman–Crippen MR) is 102 cm³/mol. The van der Waals surface area contributed by atoms with Gasteiger partial charge in [-0.15, -0.1) is 0 Å². The smallest absolute Gasteiger partial charge is 0.326 e. The van der Waals surface area contributed by atoms with E-state index in [2.05, 4.69) is 16.0 Å². The standard InChI is InChI=1S/C19H32N4O5/c1-4-11(2)15(18(26)23-10-6-8-14(23)19(27)28)22-16(24)12(3)21-17(25)13-7-5-9-20-13/h11-15,20H,4-10H2,1-3H3,(H,21,25)(H,22,24)(H,27,28). The lowest BCUT2D eigenvalue weighted by molar-refractivity contribution is -0.150. The molecule has 2 aliphatic heterocycles. The van der Waals surface area contributed by atoms with Crippen LogP contribution in [0.2, 0.25) is 0 Å². The first-order valence-corrected chi connectivity index (χ1v) is 10.1. The van der Waals surface area contributed by atoms with E-state index in [0.717, 1.165) is 19.4 Å². The molecular formula is C19H32N4O5. The maximum Gasteiger partial charge on any atom is 0.326 e. The Balaban J connectivity index is 2.02. The van der Waals surface area contributed by atoms with E-state index in [0.29, 0.717) is 25.8 Å². The van der Waals surface area contributed by atoms with Gasteiger partial charge in [-0.05, 0) is 45.1 Å². The fourth-order valence-electron chi connectivity index (χ4n) is 3.72. The highest BCUT2D eigenvalue weighted by atomic mass is 16.4. The normalized spacial score (nSPS) is 25.0. The molecule has 28 heavy (non-hydrogen) atoms. The van der Waals surface area contributed by atoms with Crippen molar-refractivity contribution in [1.82, 2.24) is 20.9 Å². The molecule has 5 unspecified atom stereocenters. The molecule has 0 bridgehead atoms. The molecule has 158 valence electrons. The summed E-state index contributed by atoms with van der Waals surface area (Å²) in [5.74, 6) is -2.23. The lowest BCUT2D eigenvalue weighted by Gasteiger charge is -2.31. The van der Waals surface area contributed by atoms with Crippen molar-refractivity contribution >= 4 is 23.7 Å². The zero-order chi connectivity index (χ0) is 20.8. The van der Waals surface area contributed by atoms with E-state index in [1.165, 1.54) is 4.90 Å². The summed E-state index contributed by atoms with van der Waals surface area (Å²) in [7, 11) is 0. The van der Waals surface area contributed by atoms with Gasteiger partial charge in [0.25, 0.3) is 0 Å². The largest absolute Gasteiger partial charge is 0.480 e. The highest BCUT2D eigenvalue weighted by molar-refractivity contribution is 5.94. The van der Waals surface area contributed by atoms with Crippen molar-refractivity contribution in [2.45, 2.75) is 77.0 Å². The molecule has 4 N–H and O–H groups in total. The summed E-state index contributed by atoms with van der Waals surface area (Å²) in [4.78, 5) is 50.6. The van der Waals surface area contributed by atoms with Crippen molar-refractivity contribution in [3.8, 4) is 0 Å². The van der Waals surface area contributed by atoms with E-state index >= 15 is 0 Å². The van der Waals surface area contributed by atoms with Crippen LogP contribution in [0.25, 0.3) is 0 Å². The molecule has 0 radical (unpaired) electrons. The summed E-state index contributed by atoms with van der Waals surface area (Å²) in [6.07, 6.45) is 3.35. The van der Waals surface area contributed by atoms with Crippen LogP contribution in [0.15, 0.2) is 0 Å². The van der Waals surface area contributed by atoms with E-state index in [1.54, 1.807) is 6.92 Å². The topological polar surface area (TPSA) is 128 Å². The van der Waals surface area contributed by atoms with E-state index in [9.17, 15) is 24.3 Å². The van der Waals surface area contributed by atoms with Crippen LogP contribution in [0, 0.1) is 5.92 Å². The first kappa shape index (κ1) is 22.1. The van der Waals surface area contributed by atoms with Crippen LogP contribution in [-0.2, 0) is 19.2 Å². The summed E-state index contributed by atoms with van der Waals surface area (Å²) in [6, 6.07) is -2.74. The lowest BCUT2D eigenvalue weighted by atomic mass is 9.97. The molecule has 9 heteroatoms. The number of hydrogen-bond acceptors (Lipinski definition) is 5. The Bertz CT molecular complexity index is 605. The molecule has 0 saturated carbocycles. The molecule has 2 saturated heterocycles. The number of carbonyl (C=O) groups excluding carboxylic acids is 3. The van der Waals surface area contributed by atoms with Gasteiger partial charge < -0.3 is 26.0 Å². The number of hydrogen-bond donors (Lipinski definition) is 4. The average molecular weight is 396 g/mol. The summed E-state index contributed by atoms with van der Waals surface area (Å²) in [6.45, 7) is 6.49. The quantitative estimate of drug-likeness (QED) is 0.452. The molecule has 0 spiro atoms. The third-order valence-corrected chi connectivity index (χ3v) is 5.73. The maximum atomic E-state index is 13.0. The Morgan fingerprint density at radius 3 is 2.43 bits per heavy atom. The molecular weight excluding hydrogens is 364 g/mol. The first-order chi connectivity index (χ1) is 13.3. The van der Waals surface area contributed by atoms with Crippen molar-refractivity contribution < 1.29 is 24.3 Å². The zero-order valence-electron chi connectivity index (χ0n) is 16.9. The van der Waals surface area contributed by atoms with Crippen molar-refractivity contribution in [3.05, 3.63) is 0 Å². The number of carboxylic acids is 1. The number of aliphatic carboxylic acids is 1. The second-order valence-corrected chi connectivity index (χ2v) is 7.78. The van der Waals surface area contributed by atoms with Crippen LogP contribution in [0.5, 0.6) is 0 Å². The van der Waals surface area contributed by atoms with E-state index in [4.69, 9.17) is 0 Å². The minimum Gasteiger partial charge on any atom is -0.480 e. The van der Waals surface area contributed by atoms with Crippen LogP contribution < -0.4 is 16.0 Å². The molecule has 9 nitrogen and oxygen atoms in total. The van der Waals surface area contributed by atoms with Crippen molar-refractivity contribution in [2.24, 2.45) is 5.92 Å². The number of rotatable bonds is 8. The third kappa shape index (κ3) is 5.21. The van der Waals surface area contributed by atoms with Crippen LogP contribution in [0.1, 0.15) is 52.9 Å². The fraction of sp³-hybridized carbons (Fsp3) is 0.789. The van der Waals surface area contributed by atoms with E-state index < -0.39 is 30.0 Å². The van der Waals surface area contributed by atoms with Gasteiger partial charge in [0, 0.05) is 6.54 Å². The van der Waals surface area contributed by atoms with Crippen LogP contribution >= 0.6 is 0 Å². The maximum absolute atomic E-state index is 13.0. The second-order valence-electron chi connectivity index (χ2n) is 7.78. The molecule has 0 aliphatic carbocycles. The third-order valence-electron chi connectivity index (χ3n) is 5.73. The Morgan fingerprint density at radius 1 is 1.14 bits per heavy atom. The average Bonchev–Trinajstić information content (AvgIpc) is 3.36. The Morgan fingerprint density at radius 2 is 1.86 bits per heavy atom. The minimum absolute atomic E-state index is 0.161. The molecule has 2 rings (SSSR count). The van der Waals surface area contributed by atoms with Crippen LogP contribution in [0.4, 0.5) is 0 Å². The second kappa shape index (κ2) is 9.86. The van der Waals surface area contributed by atoms with Crippen LogP contribution in [-0.4, -0.2) is 71.0 Å². The fourth-order valence-corrected chi connectivity index (χ4v) is 3.72. The Hall–Kier alpha value is -2.16. The van der Waals surface area contributed by atoms with Gasteiger partial charge >= 0.3 is 5.97 Å². The van der Waals surface area contributed by atoms with Gasteiger partial charge in [-0.2, -0.15) is 0 Å². The molecule has 5 atom stereocenters. The first-order valence-electron chi connectivity index (χ1n) is 10.1. The number of carboxylic acid groups (broad SMARTS) is 1. The van der Waals surface area contributed by atoms with Gasteiger partial charge in [-0.1, -0.05) is 20.3 Å². The van der Waals surface area contributed by atoms with Crippen molar-refractivity contribution in [3.63, 3.8) is 0 Å². The minimum atomic E-state index is -1.02. The lowest BCUT2D eigenvalue weighted by Crippen LogP contribution is -2.58. The number of carbonyl (C=O) groups is 4. The van der Waals surface area contributed by atoms with Crippen molar-refractivity contribution in [1.29, 1.82) is 0 Å². The van der Waals surface area contributed by atoms with Crippen LogP contribution in [0.3, 0.4) is 0 Å². The highest BCUT2D eigenvalue weighted by Gasteiger charge is 2.39. The Kier molecular flexibility index (Phi) is 7.79. The van der Waals surface area contributed by atoms with Crippen molar-refractivity contribution in [2.75, 3.05) is 13.1 Å².